The topological polar surface area (TPSA) is 49.9 Å². The number of fused-ring (bicyclic) bond motifs is 1. The van der Waals surface area contributed by atoms with Crippen molar-refractivity contribution in [2.24, 2.45) is 0 Å². The smallest absolute Gasteiger partial charge is 0.282 e. The van der Waals surface area contributed by atoms with E-state index in [0.29, 0.717) is 39.8 Å². The zero-order chi connectivity index (χ0) is 21.5. The first-order chi connectivity index (χ1) is 15.1. The molecule has 0 saturated heterocycles. The lowest BCUT2D eigenvalue weighted by Crippen LogP contribution is -2.35. The van der Waals surface area contributed by atoms with Crippen LogP contribution in [0.2, 0.25) is 5.02 Å². The van der Waals surface area contributed by atoms with Gasteiger partial charge in [-0.05, 0) is 47.9 Å². The van der Waals surface area contributed by atoms with Gasteiger partial charge in [0.2, 0.25) is 0 Å². The lowest BCUT2D eigenvalue weighted by molar-refractivity contribution is -0.120. The number of hydrogen-bond acceptors (Lipinski definition) is 4. The van der Waals surface area contributed by atoms with E-state index in [9.17, 15) is 9.59 Å². The molecule has 3 aromatic carbocycles. The maximum Gasteiger partial charge on any atom is 0.282 e. The molecule has 0 fully saturated rings. The number of benzene rings is 3. The SMILES string of the molecule is COc1ccccc1N1C(=O)C(c2ccc(Cl)cc2)=C(N2CCc3ccccc32)C1=O. The number of rotatable bonds is 4. The van der Waals surface area contributed by atoms with Crippen LogP contribution in [0, 0.1) is 0 Å². The molecule has 0 bridgehead atoms. The minimum atomic E-state index is -0.379. The summed E-state index contributed by atoms with van der Waals surface area (Å²) in [6.45, 7) is 0.630. The Balaban J connectivity index is 1.70. The summed E-state index contributed by atoms with van der Waals surface area (Å²) in [4.78, 5) is 30.6. The Morgan fingerprint density at radius 2 is 1.52 bits per heavy atom. The molecule has 5 rings (SSSR count). The van der Waals surface area contributed by atoms with E-state index in [4.69, 9.17) is 16.3 Å². The number of halogens is 1. The number of para-hydroxylation sites is 3. The lowest BCUT2D eigenvalue weighted by Gasteiger charge is -2.22. The number of amides is 2. The molecule has 2 aliphatic rings. The molecule has 0 N–H and O–H groups in total. The molecule has 2 amide bonds. The molecular weight excluding hydrogens is 412 g/mol. The van der Waals surface area contributed by atoms with Gasteiger partial charge < -0.3 is 9.64 Å². The number of imide groups is 1. The number of anilines is 2. The van der Waals surface area contributed by atoms with E-state index in [1.807, 2.05) is 23.1 Å². The molecule has 5 nitrogen and oxygen atoms in total. The van der Waals surface area contributed by atoms with Crippen molar-refractivity contribution in [3.05, 3.63) is 94.6 Å². The maximum absolute atomic E-state index is 13.8. The summed E-state index contributed by atoms with van der Waals surface area (Å²) in [6.07, 6.45) is 0.809. The molecule has 2 heterocycles. The Kier molecular flexibility index (Phi) is 4.75. The van der Waals surface area contributed by atoms with Crippen molar-refractivity contribution in [2.75, 3.05) is 23.5 Å². The molecular formula is C25H19ClN2O3. The highest BCUT2D eigenvalue weighted by atomic mass is 35.5. The second-order valence-corrected chi connectivity index (χ2v) is 7.81. The fraction of sp³-hybridized carbons (Fsp3) is 0.120. The Labute approximate surface area is 185 Å². The molecule has 3 aromatic rings. The molecule has 0 saturated carbocycles. The molecule has 0 unspecified atom stereocenters. The first kappa shape index (κ1) is 19.4. The van der Waals surface area contributed by atoms with Crippen LogP contribution in [0.25, 0.3) is 5.57 Å². The molecule has 0 radical (unpaired) electrons. The standard InChI is InChI=1S/C25H19ClN2O3/c1-31-21-9-5-4-8-20(21)28-24(29)22(17-10-12-18(26)13-11-17)23(25(28)30)27-15-14-16-6-2-3-7-19(16)27/h2-13H,14-15H2,1H3. The minimum Gasteiger partial charge on any atom is -0.495 e. The maximum atomic E-state index is 13.8. The molecule has 0 atom stereocenters. The van der Waals surface area contributed by atoms with Gasteiger partial charge in [-0.25, -0.2) is 4.90 Å². The second-order valence-electron chi connectivity index (χ2n) is 7.38. The van der Waals surface area contributed by atoms with Gasteiger partial charge in [-0.2, -0.15) is 0 Å². The van der Waals surface area contributed by atoms with Gasteiger partial charge in [-0.1, -0.05) is 54.1 Å². The van der Waals surface area contributed by atoms with Crippen LogP contribution >= 0.6 is 11.6 Å². The third kappa shape index (κ3) is 3.09. The van der Waals surface area contributed by atoms with Crippen LogP contribution in [0.3, 0.4) is 0 Å². The molecule has 154 valence electrons. The number of nitrogens with zero attached hydrogens (tertiary/aromatic N) is 2. The van der Waals surface area contributed by atoms with Crippen LogP contribution in [0.15, 0.2) is 78.5 Å². The van der Waals surface area contributed by atoms with Gasteiger partial charge in [-0.3, -0.25) is 9.59 Å². The average Bonchev–Trinajstić information content (AvgIpc) is 3.32. The minimum absolute atomic E-state index is 0.365. The fourth-order valence-electron chi connectivity index (χ4n) is 4.25. The van der Waals surface area contributed by atoms with E-state index in [0.717, 1.165) is 17.7 Å². The van der Waals surface area contributed by atoms with E-state index in [-0.39, 0.29) is 11.8 Å². The van der Waals surface area contributed by atoms with Crippen molar-refractivity contribution in [1.29, 1.82) is 0 Å². The lowest BCUT2D eigenvalue weighted by atomic mass is 10.0. The van der Waals surface area contributed by atoms with Crippen LogP contribution in [-0.4, -0.2) is 25.5 Å². The highest BCUT2D eigenvalue weighted by Crippen LogP contribution is 2.42. The van der Waals surface area contributed by atoms with Crippen LogP contribution in [0.5, 0.6) is 5.75 Å². The third-order valence-corrected chi connectivity index (χ3v) is 5.93. The number of carbonyl (C=O) groups is 2. The van der Waals surface area contributed by atoms with E-state index in [1.165, 1.54) is 12.0 Å². The van der Waals surface area contributed by atoms with Gasteiger partial charge in [0.05, 0.1) is 18.4 Å². The number of carbonyl (C=O) groups excluding carboxylic acids is 2. The molecule has 0 spiro atoms. The Hall–Kier alpha value is -3.57. The first-order valence-corrected chi connectivity index (χ1v) is 10.4. The monoisotopic (exact) mass is 430 g/mol. The van der Waals surface area contributed by atoms with E-state index in [1.54, 1.807) is 48.5 Å². The van der Waals surface area contributed by atoms with Crippen molar-refractivity contribution in [2.45, 2.75) is 6.42 Å². The summed E-state index contributed by atoms with van der Waals surface area (Å²) in [7, 11) is 1.52. The zero-order valence-electron chi connectivity index (χ0n) is 16.8. The van der Waals surface area contributed by atoms with E-state index in [2.05, 4.69) is 6.07 Å². The normalized spacial score (nSPS) is 15.7. The molecule has 31 heavy (non-hydrogen) atoms. The summed E-state index contributed by atoms with van der Waals surface area (Å²) < 4.78 is 5.43. The van der Waals surface area contributed by atoms with E-state index < -0.39 is 0 Å². The predicted octanol–water partition coefficient (Wildman–Crippen LogP) is 4.70. The van der Waals surface area contributed by atoms with Crippen LogP contribution in [0.1, 0.15) is 11.1 Å². The van der Waals surface area contributed by atoms with Crippen LogP contribution in [0.4, 0.5) is 11.4 Å². The Morgan fingerprint density at radius 1 is 0.839 bits per heavy atom. The van der Waals surface area contributed by atoms with Crippen LogP contribution < -0.4 is 14.5 Å². The summed E-state index contributed by atoms with van der Waals surface area (Å²) in [6, 6.07) is 22.0. The second kappa shape index (κ2) is 7.60. The van der Waals surface area contributed by atoms with Crippen molar-refractivity contribution < 1.29 is 14.3 Å². The summed E-state index contributed by atoms with van der Waals surface area (Å²) in [5.74, 6) is -0.282. The van der Waals surface area contributed by atoms with Gasteiger partial charge in [0.25, 0.3) is 11.8 Å². The number of methoxy groups -OCH3 is 1. The summed E-state index contributed by atoms with van der Waals surface area (Å²) in [5, 5.41) is 0.566. The fourth-order valence-corrected chi connectivity index (χ4v) is 4.38. The largest absolute Gasteiger partial charge is 0.495 e. The van der Waals surface area contributed by atoms with Crippen LogP contribution in [-0.2, 0) is 16.0 Å². The molecule has 0 aliphatic carbocycles. The summed E-state index contributed by atoms with van der Waals surface area (Å²) >= 11 is 6.07. The highest BCUT2D eigenvalue weighted by Gasteiger charge is 2.44. The van der Waals surface area contributed by atoms with Gasteiger partial charge >= 0.3 is 0 Å². The molecule has 2 aliphatic heterocycles. The summed E-state index contributed by atoms with van der Waals surface area (Å²) in [5.41, 5.74) is 3.93. The van der Waals surface area contributed by atoms with Gasteiger partial charge in [0.1, 0.15) is 11.4 Å². The highest BCUT2D eigenvalue weighted by molar-refractivity contribution is 6.46. The Bertz CT molecular complexity index is 1230. The van der Waals surface area contributed by atoms with E-state index >= 15 is 0 Å². The number of ether oxygens (including phenoxy) is 1. The Morgan fingerprint density at radius 3 is 2.26 bits per heavy atom. The van der Waals surface area contributed by atoms with Gasteiger partial charge in [-0.15, -0.1) is 0 Å². The van der Waals surface area contributed by atoms with Gasteiger partial charge in [0.15, 0.2) is 0 Å². The van der Waals surface area contributed by atoms with Crippen molar-refractivity contribution in [3.8, 4) is 5.75 Å². The first-order valence-electron chi connectivity index (χ1n) is 9.97. The number of hydrogen-bond donors (Lipinski definition) is 0. The molecule has 0 aromatic heterocycles. The average molecular weight is 431 g/mol. The predicted molar refractivity (Wildman–Crippen MR) is 121 cm³/mol. The van der Waals surface area contributed by atoms with Crippen molar-refractivity contribution in [1.82, 2.24) is 0 Å². The zero-order valence-corrected chi connectivity index (χ0v) is 17.6. The molecule has 6 heteroatoms. The van der Waals surface area contributed by atoms with Gasteiger partial charge in [0, 0.05) is 17.3 Å². The van der Waals surface area contributed by atoms with Crippen molar-refractivity contribution >= 4 is 40.4 Å². The quantitative estimate of drug-likeness (QED) is 0.563. The third-order valence-electron chi connectivity index (χ3n) is 5.68. The van der Waals surface area contributed by atoms with Crippen molar-refractivity contribution in [3.63, 3.8) is 0 Å².